The summed E-state index contributed by atoms with van der Waals surface area (Å²) in [7, 11) is 0. The van der Waals surface area contributed by atoms with Gasteiger partial charge in [0.25, 0.3) is 0 Å². The fraction of sp³-hybridized carbons (Fsp3) is 0.435. The van der Waals surface area contributed by atoms with Crippen LogP contribution in [0.4, 0.5) is 0 Å². The van der Waals surface area contributed by atoms with E-state index in [9.17, 15) is 43.8 Å². The van der Waals surface area contributed by atoms with Gasteiger partial charge in [0, 0.05) is 19.3 Å². The van der Waals surface area contributed by atoms with Crippen molar-refractivity contribution in [2.24, 2.45) is 11.5 Å². The first-order valence-electron chi connectivity index (χ1n) is 11.6. The highest BCUT2D eigenvalue weighted by Crippen LogP contribution is 2.12. The van der Waals surface area contributed by atoms with Crippen LogP contribution in [0.1, 0.15) is 37.7 Å². The van der Waals surface area contributed by atoms with Crippen LogP contribution in [0.3, 0.4) is 0 Å². The van der Waals surface area contributed by atoms with E-state index in [1.807, 2.05) is 0 Å². The van der Waals surface area contributed by atoms with Crippen LogP contribution in [0.15, 0.2) is 24.3 Å². The number of carboxylic acids is 3. The molecule has 0 saturated carbocycles. The van der Waals surface area contributed by atoms with Gasteiger partial charge in [0.2, 0.25) is 23.6 Å². The third-order valence-electron chi connectivity index (χ3n) is 5.31. The molecule has 0 bridgehead atoms. The summed E-state index contributed by atoms with van der Waals surface area (Å²) >= 11 is 0. The lowest BCUT2D eigenvalue weighted by Crippen LogP contribution is -2.58. The van der Waals surface area contributed by atoms with Gasteiger partial charge in [-0.05, 0) is 30.5 Å². The lowest BCUT2D eigenvalue weighted by atomic mass is 10.0. The largest absolute Gasteiger partial charge is 0.508 e. The highest BCUT2D eigenvalue weighted by molar-refractivity contribution is 5.95. The number of amides is 4. The van der Waals surface area contributed by atoms with Crippen LogP contribution < -0.4 is 27.4 Å². The highest BCUT2D eigenvalue weighted by atomic mass is 16.4. The summed E-state index contributed by atoms with van der Waals surface area (Å²) in [6.07, 6.45) is -2.68. The molecule has 0 saturated heterocycles. The van der Waals surface area contributed by atoms with E-state index in [2.05, 4.69) is 16.0 Å². The maximum atomic E-state index is 13.1. The van der Waals surface area contributed by atoms with Crippen LogP contribution in [-0.4, -0.2) is 86.1 Å². The molecule has 1 aromatic carbocycles. The maximum Gasteiger partial charge on any atom is 0.326 e. The van der Waals surface area contributed by atoms with Crippen molar-refractivity contribution in [2.75, 3.05) is 0 Å². The van der Waals surface area contributed by atoms with E-state index >= 15 is 0 Å². The van der Waals surface area contributed by atoms with Crippen molar-refractivity contribution in [1.82, 2.24) is 16.0 Å². The monoisotopic (exact) mass is 553 g/mol. The average molecular weight is 554 g/mol. The zero-order valence-electron chi connectivity index (χ0n) is 20.7. The van der Waals surface area contributed by atoms with Crippen LogP contribution in [0, 0.1) is 0 Å². The molecule has 11 N–H and O–H groups in total. The molecule has 1 rings (SSSR count). The van der Waals surface area contributed by atoms with Crippen LogP contribution in [0.25, 0.3) is 0 Å². The number of aromatic hydroxyl groups is 1. The zero-order valence-corrected chi connectivity index (χ0v) is 20.7. The molecule has 0 aliphatic rings. The third-order valence-corrected chi connectivity index (χ3v) is 5.31. The number of phenols is 1. The van der Waals surface area contributed by atoms with Crippen molar-refractivity contribution in [3.63, 3.8) is 0 Å². The van der Waals surface area contributed by atoms with Gasteiger partial charge in [0.1, 0.15) is 23.9 Å². The Labute approximate surface area is 221 Å². The fourth-order valence-corrected chi connectivity index (χ4v) is 3.25. The molecule has 16 heteroatoms. The molecule has 1 aromatic rings. The predicted octanol–water partition coefficient (Wildman–Crippen LogP) is -2.59. The second-order valence-electron chi connectivity index (χ2n) is 8.53. The number of benzene rings is 1. The van der Waals surface area contributed by atoms with E-state index in [0.717, 1.165) is 0 Å². The number of nitrogens with one attached hydrogen (secondary N) is 3. The number of nitrogens with two attached hydrogens (primary N) is 2. The molecule has 0 fully saturated rings. The second-order valence-corrected chi connectivity index (χ2v) is 8.53. The van der Waals surface area contributed by atoms with E-state index in [-0.39, 0.29) is 18.6 Å². The van der Waals surface area contributed by atoms with Gasteiger partial charge >= 0.3 is 17.9 Å². The normalized spacial score (nSPS) is 13.7. The first-order valence-corrected chi connectivity index (χ1v) is 11.6. The molecular weight excluding hydrogens is 522 g/mol. The number of primary amides is 1. The van der Waals surface area contributed by atoms with E-state index in [1.54, 1.807) is 0 Å². The second kappa shape index (κ2) is 15.5. The Morgan fingerprint density at radius 2 is 1.21 bits per heavy atom. The zero-order chi connectivity index (χ0) is 29.7. The molecule has 4 amide bonds. The lowest BCUT2D eigenvalue weighted by molar-refractivity contribution is -0.143. The van der Waals surface area contributed by atoms with Crippen LogP contribution in [-0.2, 0) is 40.0 Å². The van der Waals surface area contributed by atoms with Gasteiger partial charge in [-0.3, -0.25) is 28.8 Å². The molecule has 0 aliphatic carbocycles. The van der Waals surface area contributed by atoms with Gasteiger partial charge in [0.05, 0.1) is 12.5 Å². The van der Waals surface area contributed by atoms with Crippen molar-refractivity contribution < 1.29 is 54.0 Å². The summed E-state index contributed by atoms with van der Waals surface area (Å²) in [6, 6.07) is -0.606. The summed E-state index contributed by atoms with van der Waals surface area (Å²) in [4.78, 5) is 82.9. The summed E-state index contributed by atoms with van der Waals surface area (Å²) in [6.45, 7) is 0. The van der Waals surface area contributed by atoms with Gasteiger partial charge in [-0.2, -0.15) is 0 Å². The van der Waals surface area contributed by atoms with Gasteiger partial charge in [-0.1, -0.05) is 12.1 Å². The number of aliphatic carboxylic acids is 3. The first-order chi connectivity index (χ1) is 18.2. The number of phenolic OH excluding ortho intramolecular Hbond substituents is 1. The smallest absolute Gasteiger partial charge is 0.326 e. The summed E-state index contributed by atoms with van der Waals surface area (Å²) in [5.41, 5.74) is 11.1. The number of carbonyl (C=O) groups excluding carboxylic acids is 4. The molecule has 4 unspecified atom stereocenters. The van der Waals surface area contributed by atoms with E-state index in [1.165, 1.54) is 24.3 Å². The standard InChI is InChI=1S/C23H31N5O11/c24-13(5-7-18(31)32)20(35)26-14(6-8-19(33)34)21(36)27-15(9-11-1-3-12(29)4-2-11)22(37)28-16(23(38)39)10-17(25)30/h1-4,13-16,29H,5-10,24H2,(H2,25,30)(H,26,35)(H,27,36)(H,28,37)(H,31,32)(H,33,34)(H,38,39). The SMILES string of the molecule is NC(=O)CC(NC(=O)C(Cc1ccc(O)cc1)NC(=O)C(CCC(=O)O)NC(=O)C(N)CCC(=O)O)C(=O)O. The Hall–Kier alpha value is -4.73. The molecule has 0 spiro atoms. The van der Waals surface area contributed by atoms with E-state index < -0.39 is 91.4 Å². The number of rotatable bonds is 17. The number of carbonyl (C=O) groups is 7. The Kier molecular flexibility index (Phi) is 12.8. The molecule has 16 nitrogen and oxygen atoms in total. The molecule has 0 aliphatic heterocycles. The molecule has 0 radical (unpaired) electrons. The van der Waals surface area contributed by atoms with Gasteiger partial charge in [-0.15, -0.1) is 0 Å². The molecule has 0 aromatic heterocycles. The molecule has 4 atom stereocenters. The van der Waals surface area contributed by atoms with Gasteiger partial charge in [0.15, 0.2) is 0 Å². The van der Waals surface area contributed by atoms with Crippen molar-refractivity contribution in [2.45, 2.75) is 62.7 Å². The van der Waals surface area contributed by atoms with Crippen molar-refractivity contribution in [3.05, 3.63) is 29.8 Å². The summed E-state index contributed by atoms with van der Waals surface area (Å²) in [5, 5.41) is 43.3. The van der Waals surface area contributed by atoms with Crippen molar-refractivity contribution in [1.29, 1.82) is 0 Å². The molecular formula is C23H31N5O11. The Morgan fingerprint density at radius 3 is 1.72 bits per heavy atom. The third kappa shape index (κ3) is 12.4. The topological polar surface area (TPSA) is 289 Å². The van der Waals surface area contributed by atoms with Gasteiger partial charge in [-0.25, -0.2) is 4.79 Å². The minimum Gasteiger partial charge on any atom is -0.508 e. The van der Waals surface area contributed by atoms with Gasteiger partial charge < -0.3 is 47.8 Å². The van der Waals surface area contributed by atoms with Crippen LogP contribution in [0.2, 0.25) is 0 Å². The molecule has 39 heavy (non-hydrogen) atoms. The van der Waals surface area contributed by atoms with Crippen LogP contribution >= 0.6 is 0 Å². The fourth-order valence-electron chi connectivity index (χ4n) is 3.25. The Balaban J connectivity index is 3.18. The maximum absolute atomic E-state index is 13.1. The predicted molar refractivity (Wildman–Crippen MR) is 131 cm³/mol. The number of hydrogen-bond acceptors (Lipinski definition) is 9. The summed E-state index contributed by atoms with van der Waals surface area (Å²) < 4.78 is 0. The summed E-state index contributed by atoms with van der Waals surface area (Å²) in [5.74, 6) is -8.18. The number of carboxylic acid groups (broad SMARTS) is 3. The van der Waals surface area contributed by atoms with Crippen molar-refractivity contribution >= 4 is 41.5 Å². The quantitative estimate of drug-likeness (QED) is 0.0960. The minimum atomic E-state index is -1.72. The minimum absolute atomic E-state index is 0.0909. The van der Waals surface area contributed by atoms with Crippen molar-refractivity contribution in [3.8, 4) is 5.75 Å². The highest BCUT2D eigenvalue weighted by Gasteiger charge is 2.31. The molecule has 0 heterocycles. The first kappa shape index (κ1) is 32.3. The van der Waals surface area contributed by atoms with E-state index in [4.69, 9.17) is 21.7 Å². The van der Waals surface area contributed by atoms with Crippen LogP contribution in [0.5, 0.6) is 5.75 Å². The Morgan fingerprint density at radius 1 is 0.718 bits per heavy atom. The molecule has 214 valence electrons. The average Bonchev–Trinajstić information content (AvgIpc) is 2.84. The Bertz CT molecular complexity index is 1080. The van der Waals surface area contributed by atoms with E-state index in [0.29, 0.717) is 5.56 Å². The number of hydrogen-bond donors (Lipinski definition) is 9. The lowest BCUT2D eigenvalue weighted by Gasteiger charge is -2.25.